The Morgan fingerprint density at radius 1 is 0.958 bits per heavy atom. The van der Waals surface area contributed by atoms with E-state index in [1.54, 1.807) is 12.1 Å². The van der Waals surface area contributed by atoms with E-state index in [1.165, 1.54) is 6.92 Å². The fourth-order valence-electron chi connectivity index (χ4n) is 2.51. The highest BCUT2D eigenvalue weighted by atomic mass is 16.3. The Morgan fingerprint density at radius 3 is 2.42 bits per heavy atom. The summed E-state index contributed by atoms with van der Waals surface area (Å²) in [5, 5.41) is 6.20. The van der Waals surface area contributed by atoms with Crippen LogP contribution in [0.5, 0.6) is 0 Å². The minimum absolute atomic E-state index is 0.0876. The van der Waals surface area contributed by atoms with Gasteiger partial charge in [-0.25, -0.2) is 0 Å². The Balaban J connectivity index is 1.99. The Morgan fingerprint density at radius 2 is 1.71 bits per heavy atom. The molecular formula is C19H18N2O3. The molecule has 1 heterocycles. The maximum Gasteiger partial charge on any atom is 0.293 e. The molecule has 122 valence electrons. The van der Waals surface area contributed by atoms with Crippen molar-refractivity contribution in [2.75, 3.05) is 10.6 Å². The molecule has 0 fully saturated rings. The van der Waals surface area contributed by atoms with Crippen LogP contribution in [0.25, 0.3) is 11.0 Å². The van der Waals surface area contributed by atoms with Crippen LogP contribution in [0.3, 0.4) is 0 Å². The van der Waals surface area contributed by atoms with Crippen molar-refractivity contribution in [3.05, 3.63) is 59.4 Å². The van der Waals surface area contributed by atoms with Crippen molar-refractivity contribution in [2.45, 2.75) is 20.8 Å². The molecule has 2 amide bonds. The van der Waals surface area contributed by atoms with Crippen LogP contribution in [0.2, 0.25) is 0 Å². The van der Waals surface area contributed by atoms with Gasteiger partial charge < -0.3 is 15.1 Å². The molecule has 24 heavy (non-hydrogen) atoms. The predicted octanol–water partition coefficient (Wildman–Crippen LogP) is 4.26. The van der Waals surface area contributed by atoms with Crippen LogP contribution in [-0.2, 0) is 4.79 Å². The summed E-state index contributed by atoms with van der Waals surface area (Å²) >= 11 is 0. The van der Waals surface area contributed by atoms with Crippen LogP contribution >= 0.6 is 0 Å². The number of amides is 2. The monoisotopic (exact) mass is 322 g/mol. The van der Waals surface area contributed by atoms with Crippen LogP contribution in [0.1, 0.15) is 28.6 Å². The number of nitrogens with one attached hydrogen (secondary N) is 2. The van der Waals surface area contributed by atoms with Crippen molar-refractivity contribution in [2.24, 2.45) is 0 Å². The molecule has 3 aromatic rings. The van der Waals surface area contributed by atoms with E-state index in [-0.39, 0.29) is 11.7 Å². The van der Waals surface area contributed by atoms with Gasteiger partial charge >= 0.3 is 0 Å². The van der Waals surface area contributed by atoms with E-state index in [0.29, 0.717) is 22.3 Å². The standard InChI is InChI=1S/C19H18N2O3/c1-11-8-9-14(10-12(11)2)21-19(23)18-17(20-13(3)22)15-6-4-5-7-16(15)24-18/h4-10H,1-3H3,(H,20,22)(H,21,23). The van der Waals surface area contributed by atoms with Gasteiger partial charge in [0, 0.05) is 18.0 Å². The molecule has 0 aliphatic heterocycles. The molecule has 1 aromatic heterocycles. The number of para-hydroxylation sites is 1. The normalized spacial score (nSPS) is 10.6. The number of hydrogen-bond donors (Lipinski definition) is 2. The maximum atomic E-state index is 12.6. The van der Waals surface area contributed by atoms with Gasteiger partial charge in [-0.05, 0) is 49.2 Å². The van der Waals surface area contributed by atoms with Crippen molar-refractivity contribution in [3.8, 4) is 0 Å². The highest BCUT2D eigenvalue weighted by molar-refractivity contribution is 6.14. The van der Waals surface area contributed by atoms with Crippen molar-refractivity contribution in [3.63, 3.8) is 0 Å². The lowest BCUT2D eigenvalue weighted by atomic mass is 10.1. The SMILES string of the molecule is CC(=O)Nc1c(C(=O)Nc2ccc(C)c(C)c2)oc2ccccc12. The van der Waals surface area contributed by atoms with E-state index in [1.807, 2.05) is 44.2 Å². The van der Waals surface area contributed by atoms with Gasteiger partial charge in [0.15, 0.2) is 0 Å². The number of fused-ring (bicyclic) bond motifs is 1. The van der Waals surface area contributed by atoms with Crippen LogP contribution in [0.15, 0.2) is 46.9 Å². The molecule has 0 unspecified atom stereocenters. The van der Waals surface area contributed by atoms with Crippen molar-refractivity contribution >= 4 is 34.2 Å². The topological polar surface area (TPSA) is 71.3 Å². The fraction of sp³-hybridized carbons (Fsp3) is 0.158. The van der Waals surface area contributed by atoms with Gasteiger partial charge in [-0.15, -0.1) is 0 Å². The number of furan rings is 1. The fourth-order valence-corrected chi connectivity index (χ4v) is 2.51. The van der Waals surface area contributed by atoms with E-state index in [0.717, 1.165) is 11.1 Å². The van der Waals surface area contributed by atoms with E-state index in [2.05, 4.69) is 10.6 Å². The summed E-state index contributed by atoms with van der Waals surface area (Å²) in [6.45, 7) is 5.39. The number of aryl methyl sites for hydroxylation is 2. The molecule has 0 bridgehead atoms. The lowest BCUT2D eigenvalue weighted by Gasteiger charge is -2.08. The van der Waals surface area contributed by atoms with Gasteiger partial charge in [-0.2, -0.15) is 0 Å². The molecule has 5 heteroatoms. The first-order valence-corrected chi connectivity index (χ1v) is 7.63. The van der Waals surface area contributed by atoms with E-state index in [4.69, 9.17) is 4.42 Å². The second-order valence-corrected chi connectivity index (χ2v) is 5.74. The third kappa shape index (κ3) is 3.01. The molecular weight excluding hydrogens is 304 g/mol. The second-order valence-electron chi connectivity index (χ2n) is 5.74. The molecule has 2 aromatic carbocycles. The minimum Gasteiger partial charge on any atom is -0.449 e. The molecule has 0 aliphatic rings. The molecule has 0 radical (unpaired) electrons. The Bertz CT molecular complexity index is 941. The molecule has 0 saturated carbocycles. The largest absolute Gasteiger partial charge is 0.449 e. The zero-order valence-corrected chi connectivity index (χ0v) is 13.8. The quantitative estimate of drug-likeness (QED) is 0.757. The summed E-state index contributed by atoms with van der Waals surface area (Å²) in [6.07, 6.45) is 0. The second kappa shape index (κ2) is 6.20. The van der Waals surface area contributed by atoms with E-state index in [9.17, 15) is 9.59 Å². The first-order valence-electron chi connectivity index (χ1n) is 7.63. The first kappa shape index (κ1) is 15.8. The zero-order chi connectivity index (χ0) is 17.3. The molecule has 0 saturated heterocycles. The summed E-state index contributed by atoms with van der Waals surface area (Å²) in [4.78, 5) is 24.1. The smallest absolute Gasteiger partial charge is 0.293 e. The summed E-state index contributed by atoms with van der Waals surface area (Å²) in [5.74, 6) is -0.579. The van der Waals surface area contributed by atoms with E-state index >= 15 is 0 Å². The lowest BCUT2D eigenvalue weighted by molar-refractivity contribution is -0.114. The Kier molecular flexibility index (Phi) is 4.08. The average Bonchev–Trinajstić information content (AvgIpc) is 2.89. The highest BCUT2D eigenvalue weighted by Crippen LogP contribution is 2.31. The molecule has 3 rings (SSSR count). The molecule has 2 N–H and O–H groups in total. The Labute approximate surface area is 139 Å². The van der Waals surface area contributed by atoms with Crippen LogP contribution in [0, 0.1) is 13.8 Å². The van der Waals surface area contributed by atoms with Gasteiger partial charge in [0.2, 0.25) is 11.7 Å². The third-order valence-electron chi connectivity index (χ3n) is 3.87. The van der Waals surface area contributed by atoms with Crippen LogP contribution in [0.4, 0.5) is 11.4 Å². The average molecular weight is 322 g/mol. The van der Waals surface area contributed by atoms with Crippen LogP contribution < -0.4 is 10.6 Å². The summed E-state index contributed by atoms with van der Waals surface area (Å²) in [5.41, 5.74) is 3.85. The molecule has 0 spiro atoms. The number of hydrogen-bond acceptors (Lipinski definition) is 3. The molecule has 0 atom stereocenters. The first-order chi connectivity index (χ1) is 11.5. The third-order valence-corrected chi connectivity index (χ3v) is 3.87. The van der Waals surface area contributed by atoms with Crippen molar-refractivity contribution in [1.29, 1.82) is 0 Å². The van der Waals surface area contributed by atoms with Crippen molar-refractivity contribution < 1.29 is 14.0 Å². The van der Waals surface area contributed by atoms with Crippen molar-refractivity contribution in [1.82, 2.24) is 0 Å². The maximum absolute atomic E-state index is 12.6. The number of benzene rings is 2. The lowest BCUT2D eigenvalue weighted by Crippen LogP contribution is -2.15. The van der Waals surface area contributed by atoms with Gasteiger partial charge in [-0.1, -0.05) is 18.2 Å². The summed E-state index contributed by atoms with van der Waals surface area (Å²) in [6, 6.07) is 12.9. The predicted molar refractivity (Wildman–Crippen MR) is 94.4 cm³/mol. The number of rotatable bonds is 3. The zero-order valence-electron chi connectivity index (χ0n) is 13.8. The Hall–Kier alpha value is -3.08. The molecule has 0 aliphatic carbocycles. The van der Waals surface area contributed by atoms with Gasteiger partial charge in [0.1, 0.15) is 11.3 Å². The van der Waals surface area contributed by atoms with Gasteiger partial charge in [0.05, 0.1) is 0 Å². The summed E-state index contributed by atoms with van der Waals surface area (Å²) < 4.78 is 5.66. The van der Waals surface area contributed by atoms with Crippen LogP contribution in [-0.4, -0.2) is 11.8 Å². The summed E-state index contributed by atoms with van der Waals surface area (Å²) in [7, 11) is 0. The van der Waals surface area contributed by atoms with Gasteiger partial charge in [0.25, 0.3) is 5.91 Å². The number of carbonyl (C=O) groups excluding carboxylic acids is 2. The number of carbonyl (C=O) groups is 2. The molecule has 5 nitrogen and oxygen atoms in total. The van der Waals surface area contributed by atoms with Gasteiger partial charge in [-0.3, -0.25) is 9.59 Å². The number of anilines is 2. The highest BCUT2D eigenvalue weighted by Gasteiger charge is 2.21. The minimum atomic E-state index is -0.404. The van der Waals surface area contributed by atoms with E-state index < -0.39 is 5.91 Å².